The molecule has 1 aliphatic carbocycles. The van der Waals surface area contributed by atoms with E-state index in [4.69, 9.17) is 4.42 Å². The van der Waals surface area contributed by atoms with Gasteiger partial charge in [-0.2, -0.15) is 0 Å². The average molecular weight is 364 g/mol. The Morgan fingerprint density at radius 1 is 1.22 bits per heavy atom. The number of imidazole rings is 1. The van der Waals surface area contributed by atoms with E-state index >= 15 is 0 Å². The van der Waals surface area contributed by atoms with Crippen molar-refractivity contribution in [3.63, 3.8) is 0 Å². The van der Waals surface area contributed by atoms with Crippen LogP contribution in [0.25, 0.3) is 11.1 Å². The monoisotopic (exact) mass is 364 g/mol. The van der Waals surface area contributed by atoms with Crippen molar-refractivity contribution in [1.82, 2.24) is 19.4 Å². The van der Waals surface area contributed by atoms with Gasteiger partial charge in [0.1, 0.15) is 5.52 Å². The van der Waals surface area contributed by atoms with E-state index in [-0.39, 0.29) is 11.9 Å². The normalized spacial score (nSPS) is 20.3. The van der Waals surface area contributed by atoms with Crippen molar-refractivity contribution in [1.29, 1.82) is 0 Å². The smallest absolute Gasteiger partial charge is 0.254 e. The number of nitrogens with zero attached hydrogens (tertiary/aromatic N) is 4. The Labute approximate surface area is 158 Å². The van der Waals surface area contributed by atoms with Gasteiger partial charge in [0.25, 0.3) is 5.91 Å². The van der Waals surface area contributed by atoms with Gasteiger partial charge in [0.15, 0.2) is 11.5 Å². The molecule has 0 bridgehead atoms. The van der Waals surface area contributed by atoms with Crippen LogP contribution in [-0.2, 0) is 6.54 Å². The van der Waals surface area contributed by atoms with E-state index in [9.17, 15) is 4.79 Å². The number of benzene rings is 1. The van der Waals surface area contributed by atoms with Crippen molar-refractivity contribution in [2.75, 3.05) is 6.54 Å². The van der Waals surface area contributed by atoms with E-state index in [1.54, 1.807) is 6.20 Å². The number of hydrogen-bond donors (Lipinski definition) is 0. The minimum Gasteiger partial charge on any atom is -0.440 e. The second-order valence-corrected chi connectivity index (χ2v) is 7.75. The van der Waals surface area contributed by atoms with Gasteiger partial charge in [0.2, 0.25) is 0 Å². The quantitative estimate of drug-likeness (QED) is 0.687. The summed E-state index contributed by atoms with van der Waals surface area (Å²) in [5, 5.41) is 0. The molecule has 2 fully saturated rings. The summed E-state index contributed by atoms with van der Waals surface area (Å²) in [6, 6.07) is 5.97. The average Bonchev–Trinajstić information content (AvgIpc) is 3.25. The van der Waals surface area contributed by atoms with Crippen LogP contribution >= 0.6 is 0 Å². The molecule has 0 radical (unpaired) electrons. The molecule has 0 spiro atoms. The predicted octanol–water partition coefficient (Wildman–Crippen LogP) is 3.99. The number of carbonyl (C=O) groups excluding carboxylic acids is 1. The maximum absolute atomic E-state index is 13.2. The molecule has 3 aromatic rings. The first-order chi connectivity index (χ1) is 13.3. The molecule has 1 saturated heterocycles. The molecule has 2 aliphatic rings. The minimum atomic E-state index is 0.108. The lowest BCUT2D eigenvalue weighted by Crippen LogP contribution is -2.44. The Balaban J connectivity index is 1.34. The van der Waals surface area contributed by atoms with Gasteiger partial charge in [-0.15, -0.1) is 0 Å². The van der Waals surface area contributed by atoms with E-state index < -0.39 is 0 Å². The van der Waals surface area contributed by atoms with Crippen LogP contribution in [0.4, 0.5) is 0 Å². The summed E-state index contributed by atoms with van der Waals surface area (Å²) in [5.74, 6) is 1.41. The number of fused-ring (bicyclic) bond motifs is 1. The lowest BCUT2D eigenvalue weighted by Gasteiger charge is -2.36. The number of hydrogen-bond acceptors (Lipinski definition) is 4. The first kappa shape index (κ1) is 16.5. The number of rotatable bonds is 5. The molecule has 1 saturated carbocycles. The van der Waals surface area contributed by atoms with E-state index in [1.165, 1.54) is 6.42 Å². The summed E-state index contributed by atoms with van der Waals surface area (Å²) < 4.78 is 7.98. The molecular weight excluding hydrogens is 340 g/mol. The molecule has 5 rings (SSSR count). The summed E-state index contributed by atoms with van der Waals surface area (Å²) in [6.07, 6.45) is 12.2. The fraction of sp³-hybridized carbons (Fsp3) is 0.476. The Hall–Kier alpha value is -2.63. The third-order valence-corrected chi connectivity index (χ3v) is 5.75. The van der Waals surface area contributed by atoms with E-state index in [0.717, 1.165) is 62.2 Å². The number of carbonyl (C=O) groups is 1. The second kappa shape index (κ2) is 6.83. The van der Waals surface area contributed by atoms with Gasteiger partial charge in [-0.3, -0.25) is 4.79 Å². The molecule has 0 unspecified atom stereocenters. The Kier molecular flexibility index (Phi) is 4.19. The molecule has 27 heavy (non-hydrogen) atoms. The first-order valence-electron chi connectivity index (χ1n) is 9.95. The van der Waals surface area contributed by atoms with Crippen LogP contribution in [0.3, 0.4) is 0 Å². The van der Waals surface area contributed by atoms with Gasteiger partial charge in [-0.25, -0.2) is 9.97 Å². The van der Waals surface area contributed by atoms with Gasteiger partial charge in [-0.1, -0.05) is 0 Å². The van der Waals surface area contributed by atoms with Crippen molar-refractivity contribution in [3.05, 3.63) is 48.4 Å². The molecule has 1 amide bonds. The van der Waals surface area contributed by atoms with Gasteiger partial charge in [0, 0.05) is 43.0 Å². The van der Waals surface area contributed by atoms with Crippen molar-refractivity contribution < 1.29 is 9.21 Å². The zero-order valence-corrected chi connectivity index (χ0v) is 15.4. The highest BCUT2D eigenvalue weighted by Gasteiger charge is 2.30. The molecule has 6 heteroatoms. The van der Waals surface area contributed by atoms with Crippen LogP contribution in [0, 0.1) is 0 Å². The van der Waals surface area contributed by atoms with E-state index in [2.05, 4.69) is 19.4 Å². The largest absolute Gasteiger partial charge is 0.440 e. The van der Waals surface area contributed by atoms with Crippen LogP contribution in [0.1, 0.15) is 60.7 Å². The van der Waals surface area contributed by atoms with E-state index in [0.29, 0.717) is 11.5 Å². The Bertz CT molecular complexity index is 942. The van der Waals surface area contributed by atoms with Gasteiger partial charge >= 0.3 is 0 Å². The zero-order chi connectivity index (χ0) is 18.2. The van der Waals surface area contributed by atoms with Gasteiger partial charge in [-0.05, 0) is 56.7 Å². The molecule has 1 atom stereocenters. The highest BCUT2D eigenvalue weighted by atomic mass is 16.3. The maximum atomic E-state index is 13.2. The number of aromatic nitrogens is 3. The molecule has 2 aromatic heterocycles. The molecular formula is C21H24N4O2. The molecule has 0 N–H and O–H groups in total. The second-order valence-electron chi connectivity index (χ2n) is 7.75. The molecule has 6 nitrogen and oxygen atoms in total. The molecule has 1 aromatic carbocycles. The third kappa shape index (κ3) is 3.36. The zero-order valence-electron chi connectivity index (χ0n) is 15.4. The summed E-state index contributed by atoms with van der Waals surface area (Å²) in [5.41, 5.74) is 2.29. The van der Waals surface area contributed by atoms with Crippen molar-refractivity contribution in [3.8, 4) is 0 Å². The topological polar surface area (TPSA) is 64.2 Å². The molecule has 1 aliphatic heterocycles. The van der Waals surface area contributed by atoms with Crippen LogP contribution in [-0.4, -0.2) is 37.9 Å². The SMILES string of the molecule is O=C(c1ccc2nc(C3CC3)oc2c1)N1CCCC[C@H]1CCn1ccnc1. The standard InChI is InChI=1S/C21H24N4O2/c26-21(16-6-7-18-19(13-16)27-20(23-18)15-4-5-15)25-10-2-1-3-17(25)8-11-24-12-9-22-14-24/h6-7,9,12-15,17H,1-5,8,10-11H2/t17-/m0/s1. The summed E-state index contributed by atoms with van der Waals surface area (Å²) in [4.78, 5) is 23.9. The number of aryl methyl sites for hydroxylation is 1. The first-order valence-corrected chi connectivity index (χ1v) is 9.95. The van der Waals surface area contributed by atoms with Crippen molar-refractivity contribution in [2.24, 2.45) is 0 Å². The van der Waals surface area contributed by atoms with Crippen LogP contribution < -0.4 is 0 Å². The van der Waals surface area contributed by atoms with E-state index in [1.807, 2.05) is 30.7 Å². The van der Waals surface area contributed by atoms with Gasteiger partial charge in [0.05, 0.1) is 6.33 Å². The van der Waals surface area contributed by atoms with Crippen LogP contribution in [0.5, 0.6) is 0 Å². The number of piperidine rings is 1. The summed E-state index contributed by atoms with van der Waals surface area (Å²) >= 11 is 0. The fourth-order valence-electron chi connectivity index (χ4n) is 4.03. The highest BCUT2D eigenvalue weighted by Crippen LogP contribution is 2.40. The van der Waals surface area contributed by atoms with Crippen molar-refractivity contribution >= 4 is 17.0 Å². The summed E-state index contributed by atoms with van der Waals surface area (Å²) in [7, 11) is 0. The minimum absolute atomic E-state index is 0.108. The van der Waals surface area contributed by atoms with Gasteiger partial charge < -0.3 is 13.9 Å². The number of amides is 1. The lowest BCUT2D eigenvalue weighted by molar-refractivity contribution is 0.0595. The van der Waals surface area contributed by atoms with Crippen molar-refractivity contribution in [2.45, 2.75) is 57.0 Å². The predicted molar refractivity (Wildman–Crippen MR) is 102 cm³/mol. The summed E-state index contributed by atoms with van der Waals surface area (Å²) in [6.45, 7) is 1.72. The van der Waals surface area contributed by atoms with Crippen LogP contribution in [0.15, 0.2) is 41.3 Å². The third-order valence-electron chi connectivity index (χ3n) is 5.75. The Morgan fingerprint density at radius 2 is 2.15 bits per heavy atom. The maximum Gasteiger partial charge on any atom is 0.254 e. The molecule has 140 valence electrons. The Morgan fingerprint density at radius 3 is 2.96 bits per heavy atom. The van der Waals surface area contributed by atoms with Crippen LogP contribution in [0.2, 0.25) is 0 Å². The fourth-order valence-corrected chi connectivity index (χ4v) is 4.03. The number of likely N-dealkylation sites (tertiary alicyclic amines) is 1. The molecule has 3 heterocycles. The highest BCUT2D eigenvalue weighted by molar-refractivity contribution is 5.97. The number of oxazole rings is 1. The lowest BCUT2D eigenvalue weighted by atomic mass is 9.98.